The van der Waals surface area contributed by atoms with Crippen LogP contribution in [-0.4, -0.2) is 60.6 Å². The predicted molar refractivity (Wildman–Crippen MR) is 62.3 cm³/mol. The van der Waals surface area contributed by atoms with Gasteiger partial charge in [-0.2, -0.15) is 0 Å². The Labute approximate surface area is 97.5 Å². The van der Waals surface area contributed by atoms with E-state index in [0.29, 0.717) is 19.1 Å². The zero-order chi connectivity index (χ0) is 11.5. The molecule has 0 saturated carbocycles. The molecule has 4 heteroatoms. The minimum atomic E-state index is 0.234. The molecule has 2 heterocycles. The average Bonchev–Trinajstić information content (AvgIpc) is 2.36. The molecule has 0 aliphatic carbocycles. The molecule has 0 spiro atoms. The maximum Gasteiger partial charge on any atom is 0.222 e. The molecule has 0 aromatic carbocycles. The van der Waals surface area contributed by atoms with E-state index in [4.69, 9.17) is 4.74 Å². The highest BCUT2D eigenvalue weighted by Gasteiger charge is 2.37. The van der Waals surface area contributed by atoms with Gasteiger partial charge in [0.25, 0.3) is 0 Å². The first-order valence-corrected chi connectivity index (χ1v) is 6.39. The van der Waals surface area contributed by atoms with Crippen LogP contribution in [0.3, 0.4) is 0 Å². The Kier molecular flexibility index (Phi) is 3.82. The van der Waals surface area contributed by atoms with Gasteiger partial charge in [0.05, 0.1) is 18.8 Å². The molecule has 2 atom stereocenters. The van der Waals surface area contributed by atoms with Gasteiger partial charge in [0.15, 0.2) is 0 Å². The van der Waals surface area contributed by atoms with Gasteiger partial charge in [-0.3, -0.25) is 4.79 Å². The van der Waals surface area contributed by atoms with Crippen molar-refractivity contribution < 1.29 is 9.53 Å². The van der Waals surface area contributed by atoms with E-state index in [0.717, 1.165) is 32.6 Å². The van der Waals surface area contributed by atoms with Crippen LogP contribution in [0.2, 0.25) is 0 Å². The Balaban J connectivity index is 2.01. The zero-order valence-corrected chi connectivity index (χ0v) is 10.3. The summed E-state index contributed by atoms with van der Waals surface area (Å²) < 4.78 is 5.80. The monoisotopic (exact) mass is 226 g/mol. The number of carbonyl (C=O) groups excluding carboxylic acids is 1. The summed E-state index contributed by atoms with van der Waals surface area (Å²) in [4.78, 5) is 16.3. The van der Waals surface area contributed by atoms with E-state index in [1.807, 2.05) is 11.8 Å². The molecule has 0 N–H and O–H groups in total. The molecule has 0 aromatic rings. The maximum absolute atomic E-state index is 11.8. The van der Waals surface area contributed by atoms with E-state index in [1.54, 1.807) is 0 Å². The van der Waals surface area contributed by atoms with Crippen molar-refractivity contribution in [3.05, 3.63) is 0 Å². The van der Waals surface area contributed by atoms with Crippen molar-refractivity contribution in [2.45, 2.75) is 38.8 Å². The Morgan fingerprint density at radius 1 is 1.38 bits per heavy atom. The quantitative estimate of drug-likeness (QED) is 0.695. The summed E-state index contributed by atoms with van der Waals surface area (Å²) in [5, 5.41) is 0. The van der Waals surface area contributed by atoms with Crippen LogP contribution >= 0.6 is 0 Å². The van der Waals surface area contributed by atoms with Gasteiger partial charge in [-0.05, 0) is 13.0 Å². The smallest absolute Gasteiger partial charge is 0.222 e. The highest BCUT2D eigenvalue weighted by Crippen LogP contribution is 2.23. The lowest BCUT2D eigenvalue weighted by molar-refractivity contribution is -0.152. The van der Waals surface area contributed by atoms with Crippen LogP contribution in [0.15, 0.2) is 0 Å². The second-order valence-corrected chi connectivity index (χ2v) is 4.60. The van der Waals surface area contributed by atoms with Crippen molar-refractivity contribution in [2.75, 3.05) is 32.8 Å². The van der Waals surface area contributed by atoms with Crippen molar-refractivity contribution in [3.63, 3.8) is 0 Å². The van der Waals surface area contributed by atoms with Crippen molar-refractivity contribution >= 4 is 5.91 Å². The number of ether oxygens (including phenoxy) is 1. The van der Waals surface area contributed by atoms with Crippen LogP contribution < -0.4 is 0 Å². The molecule has 16 heavy (non-hydrogen) atoms. The molecule has 0 aromatic heterocycles. The van der Waals surface area contributed by atoms with Crippen molar-refractivity contribution in [1.82, 2.24) is 9.80 Å². The van der Waals surface area contributed by atoms with Gasteiger partial charge < -0.3 is 14.5 Å². The standard InChI is InChI=1S/C12H22N2O2/c1-3-12(15)14-7-8-16-11-9-13(4-2)6-5-10(11)14/h10-11H,3-9H2,1-2H3/t10-,11-/m1/s1. The van der Waals surface area contributed by atoms with E-state index in [1.165, 1.54) is 0 Å². The van der Waals surface area contributed by atoms with Gasteiger partial charge in [0, 0.05) is 26.1 Å². The molecule has 0 unspecified atom stereocenters. The Bertz CT molecular complexity index is 257. The highest BCUT2D eigenvalue weighted by molar-refractivity contribution is 5.76. The van der Waals surface area contributed by atoms with Crippen LogP contribution in [0.4, 0.5) is 0 Å². The van der Waals surface area contributed by atoms with Gasteiger partial charge in [-0.25, -0.2) is 0 Å². The van der Waals surface area contributed by atoms with Crippen LogP contribution in [-0.2, 0) is 9.53 Å². The number of piperidine rings is 1. The van der Waals surface area contributed by atoms with Crippen LogP contribution in [0.1, 0.15) is 26.7 Å². The molecule has 2 aliphatic heterocycles. The molecule has 2 rings (SSSR count). The van der Waals surface area contributed by atoms with Crippen molar-refractivity contribution in [2.24, 2.45) is 0 Å². The molecule has 0 bridgehead atoms. The first kappa shape index (κ1) is 11.9. The minimum Gasteiger partial charge on any atom is -0.373 e. The fourth-order valence-electron chi connectivity index (χ4n) is 2.76. The number of hydrogen-bond acceptors (Lipinski definition) is 3. The van der Waals surface area contributed by atoms with E-state index in [-0.39, 0.29) is 12.0 Å². The SMILES string of the molecule is CCC(=O)N1CCO[C@@H]2CN(CC)CC[C@H]21. The number of hydrogen-bond donors (Lipinski definition) is 0. The van der Waals surface area contributed by atoms with Crippen LogP contribution in [0.25, 0.3) is 0 Å². The summed E-state index contributed by atoms with van der Waals surface area (Å²) in [5.41, 5.74) is 0. The highest BCUT2D eigenvalue weighted by atomic mass is 16.5. The second-order valence-electron chi connectivity index (χ2n) is 4.60. The minimum absolute atomic E-state index is 0.234. The average molecular weight is 226 g/mol. The van der Waals surface area contributed by atoms with Gasteiger partial charge >= 0.3 is 0 Å². The van der Waals surface area contributed by atoms with Gasteiger partial charge in [-0.15, -0.1) is 0 Å². The summed E-state index contributed by atoms with van der Waals surface area (Å²) in [7, 11) is 0. The van der Waals surface area contributed by atoms with Crippen LogP contribution in [0, 0.1) is 0 Å². The number of rotatable bonds is 2. The molecule has 2 saturated heterocycles. The third-order valence-electron chi connectivity index (χ3n) is 3.74. The topological polar surface area (TPSA) is 32.8 Å². The van der Waals surface area contributed by atoms with Gasteiger partial charge in [0.2, 0.25) is 5.91 Å². The summed E-state index contributed by atoms with van der Waals surface area (Å²) in [5.74, 6) is 0.281. The molecular formula is C12H22N2O2. The van der Waals surface area contributed by atoms with Crippen molar-refractivity contribution in [1.29, 1.82) is 0 Å². The van der Waals surface area contributed by atoms with E-state index in [9.17, 15) is 4.79 Å². The number of likely N-dealkylation sites (N-methyl/N-ethyl adjacent to an activating group) is 1. The molecule has 4 nitrogen and oxygen atoms in total. The van der Waals surface area contributed by atoms with Gasteiger partial charge in [0.1, 0.15) is 0 Å². The largest absolute Gasteiger partial charge is 0.373 e. The molecule has 2 fully saturated rings. The van der Waals surface area contributed by atoms with Gasteiger partial charge in [-0.1, -0.05) is 13.8 Å². The summed E-state index contributed by atoms with van der Waals surface area (Å²) >= 11 is 0. The summed E-state index contributed by atoms with van der Waals surface area (Å²) in [6.45, 7) is 8.74. The van der Waals surface area contributed by atoms with E-state index < -0.39 is 0 Å². The Morgan fingerprint density at radius 3 is 2.88 bits per heavy atom. The molecular weight excluding hydrogens is 204 g/mol. The summed E-state index contributed by atoms with van der Waals surface area (Å²) in [6, 6.07) is 0.323. The third kappa shape index (κ3) is 2.23. The van der Waals surface area contributed by atoms with Crippen LogP contribution in [0.5, 0.6) is 0 Å². The fourth-order valence-corrected chi connectivity index (χ4v) is 2.76. The lowest BCUT2D eigenvalue weighted by Gasteiger charge is -2.46. The number of carbonyl (C=O) groups is 1. The number of amides is 1. The number of likely N-dealkylation sites (tertiary alicyclic amines) is 1. The number of nitrogens with zero attached hydrogens (tertiary/aromatic N) is 2. The first-order chi connectivity index (χ1) is 7.76. The van der Waals surface area contributed by atoms with E-state index >= 15 is 0 Å². The maximum atomic E-state index is 11.8. The van der Waals surface area contributed by atoms with E-state index in [2.05, 4.69) is 11.8 Å². The Hall–Kier alpha value is -0.610. The molecule has 92 valence electrons. The zero-order valence-electron chi connectivity index (χ0n) is 10.3. The number of fused-ring (bicyclic) bond motifs is 1. The lowest BCUT2D eigenvalue weighted by Crippen LogP contribution is -2.60. The molecule has 2 aliphatic rings. The fraction of sp³-hybridized carbons (Fsp3) is 0.917. The molecule has 0 radical (unpaired) electrons. The number of morpholine rings is 1. The normalized spacial score (nSPS) is 31.2. The molecule has 1 amide bonds. The first-order valence-electron chi connectivity index (χ1n) is 6.39. The lowest BCUT2D eigenvalue weighted by atomic mass is 9.98. The Morgan fingerprint density at radius 2 is 2.19 bits per heavy atom. The van der Waals surface area contributed by atoms with Crippen molar-refractivity contribution in [3.8, 4) is 0 Å². The third-order valence-corrected chi connectivity index (χ3v) is 3.74. The predicted octanol–water partition coefficient (Wildman–Crippen LogP) is 0.718. The second kappa shape index (κ2) is 5.15. The summed E-state index contributed by atoms with van der Waals surface area (Å²) in [6.07, 6.45) is 1.91.